The molecule has 0 bridgehead atoms. The van der Waals surface area contributed by atoms with Crippen molar-refractivity contribution in [3.63, 3.8) is 0 Å². The Hall–Kier alpha value is -1.09. The van der Waals surface area contributed by atoms with Gasteiger partial charge in [0.05, 0.1) is 4.83 Å². The van der Waals surface area contributed by atoms with Gasteiger partial charge in [-0.15, -0.1) is 0 Å². The summed E-state index contributed by atoms with van der Waals surface area (Å²) in [7, 11) is 0. The lowest BCUT2D eigenvalue weighted by molar-refractivity contribution is 0.0992. The lowest BCUT2D eigenvalue weighted by Gasteiger charge is -2.04. The van der Waals surface area contributed by atoms with Crippen molar-refractivity contribution >= 4 is 32.6 Å². The highest BCUT2D eigenvalue weighted by molar-refractivity contribution is 9.10. The highest BCUT2D eigenvalue weighted by Gasteiger charge is 2.18. The summed E-state index contributed by atoms with van der Waals surface area (Å²) in [6, 6.07) is 6.10. The molecule has 0 saturated carbocycles. The van der Waals surface area contributed by atoms with Gasteiger partial charge in [0.2, 0.25) is 0 Å². The van der Waals surface area contributed by atoms with Crippen molar-refractivity contribution in [3.05, 3.63) is 35.5 Å². The second kappa shape index (κ2) is 4.42. The number of alkyl halides is 1. The molecule has 2 nitrogen and oxygen atoms in total. The maximum Gasteiger partial charge on any atom is 0.178 e. The van der Waals surface area contributed by atoms with E-state index in [1.807, 2.05) is 26.0 Å². The number of Topliss-reactive ketones (excluding diaryl/α,β-unsaturated/α-hetero) is 1. The average Bonchev–Trinajstić information content (AvgIpc) is 2.69. The molecule has 16 heavy (non-hydrogen) atoms. The van der Waals surface area contributed by atoms with Gasteiger partial charge in [-0.2, -0.15) is 0 Å². The van der Waals surface area contributed by atoms with Crippen LogP contribution in [0.15, 0.2) is 24.4 Å². The second-order valence-electron chi connectivity index (χ2n) is 3.99. The number of carbonyl (C=O) groups is 1. The van der Waals surface area contributed by atoms with Crippen LogP contribution in [0.4, 0.5) is 0 Å². The molecule has 84 valence electrons. The predicted molar refractivity (Wildman–Crippen MR) is 70.4 cm³/mol. The minimum atomic E-state index is -0.0907. The van der Waals surface area contributed by atoms with E-state index in [1.54, 1.807) is 6.20 Å². The van der Waals surface area contributed by atoms with Gasteiger partial charge in [0.25, 0.3) is 0 Å². The van der Waals surface area contributed by atoms with Crippen LogP contribution < -0.4 is 0 Å². The molecule has 2 aromatic rings. The molecular formula is C13H14BrNO. The first-order valence-corrected chi connectivity index (χ1v) is 6.31. The molecule has 2 rings (SSSR count). The molecule has 1 aromatic heterocycles. The zero-order valence-electron chi connectivity index (χ0n) is 9.38. The molecule has 0 fully saturated rings. The van der Waals surface area contributed by atoms with E-state index in [-0.39, 0.29) is 10.6 Å². The summed E-state index contributed by atoms with van der Waals surface area (Å²) in [4.78, 5) is 15.1. The third kappa shape index (κ3) is 1.92. The van der Waals surface area contributed by atoms with Crippen LogP contribution in [0, 0.1) is 6.92 Å². The number of aromatic amines is 1. The number of aryl methyl sites for hydroxylation is 1. The Labute approximate surface area is 103 Å². The summed E-state index contributed by atoms with van der Waals surface area (Å²) in [5.74, 6) is 0.152. The number of hydrogen-bond donors (Lipinski definition) is 1. The number of nitrogens with one attached hydrogen (secondary N) is 1. The third-order valence-corrected chi connectivity index (χ3v) is 3.81. The third-order valence-electron chi connectivity index (χ3n) is 2.75. The van der Waals surface area contributed by atoms with Crippen molar-refractivity contribution in [1.82, 2.24) is 4.98 Å². The van der Waals surface area contributed by atoms with E-state index >= 15 is 0 Å². The van der Waals surface area contributed by atoms with Crippen LogP contribution in [0.5, 0.6) is 0 Å². The Balaban J connectivity index is 2.53. The summed E-state index contributed by atoms with van der Waals surface area (Å²) in [5.41, 5.74) is 2.97. The monoisotopic (exact) mass is 279 g/mol. The molecular weight excluding hydrogens is 266 g/mol. The number of ketones is 1. The predicted octanol–water partition coefficient (Wildman–Crippen LogP) is 3.83. The van der Waals surface area contributed by atoms with Crippen LogP contribution in [0.3, 0.4) is 0 Å². The van der Waals surface area contributed by atoms with E-state index in [1.165, 1.54) is 5.56 Å². The normalized spacial score (nSPS) is 12.9. The number of halogens is 1. The molecule has 1 atom stereocenters. The molecule has 1 heterocycles. The van der Waals surface area contributed by atoms with Gasteiger partial charge in [0, 0.05) is 22.7 Å². The Bertz CT molecular complexity index is 530. The Kier molecular flexibility index (Phi) is 3.15. The van der Waals surface area contributed by atoms with Crippen molar-refractivity contribution in [1.29, 1.82) is 0 Å². The van der Waals surface area contributed by atoms with Crippen LogP contribution in [-0.4, -0.2) is 15.6 Å². The molecule has 0 aliphatic carbocycles. The van der Waals surface area contributed by atoms with Crippen LogP contribution in [0.2, 0.25) is 0 Å². The molecule has 1 N–H and O–H groups in total. The second-order valence-corrected chi connectivity index (χ2v) is 5.10. The maximum atomic E-state index is 12.1. The molecule has 0 amide bonds. The Morgan fingerprint density at radius 2 is 2.25 bits per heavy atom. The van der Waals surface area contributed by atoms with Gasteiger partial charge < -0.3 is 4.98 Å². The van der Waals surface area contributed by atoms with E-state index in [0.717, 1.165) is 22.9 Å². The van der Waals surface area contributed by atoms with E-state index in [0.29, 0.717) is 0 Å². The van der Waals surface area contributed by atoms with Crippen molar-refractivity contribution < 1.29 is 4.79 Å². The highest BCUT2D eigenvalue weighted by Crippen LogP contribution is 2.23. The van der Waals surface area contributed by atoms with E-state index in [9.17, 15) is 4.79 Å². The molecule has 3 heteroatoms. The van der Waals surface area contributed by atoms with Gasteiger partial charge in [-0.3, -0.25) is 4.79 Å². The summed E-state index contributed by atoms with van der Waals surface area (Å²) in [6.07, 6.45) is 2.60. The summed E-state index contributed by atoms with van der Waals surface area (Å²) in [6.45, 7) is 4.03. The van der Waals surface area contributed by atoms with Crippen LogP contribution in [0.1, 0.15) is 29.3 Å². The smallest absolute Gasteiger partial charge is 0.178 e. The number of fused-ring (bicyclic) bond motifs is 1. The van der Waals surface area contributed by atoms with Crippen molar-refractivity contribution in [2.45, 2.75) is 25.1 Å². The minimum absolute atomic E-state index is 0.0907. The first kappa shape index (κ1) is 11.4. The Morgan fingerprint density at radius 3 is 2.94 bits per heavy atom. The lowest BCUT2D eigenvalue weighted by Crippen LogP contribution is -2.12. The molecule has 0 saturated heterocycles. The molecule has 0 aliphatic rings. The quantitative estimate of drug-likeness (QED) is 0.672. The van der Waals surface area contributed by atoms with E-state index in [2.05, 4.69) is 27.0 Å². The minimum Gasteiger partial charge on any atom is -0.360 e. The topological polar surface area (TPSA) is 32.9 Å². The van der Waals surface area contributed by atoms with Gasteiger partial charge in [-0.05, 0) is 25.5 Å². The summed E-state index contributed by atoms with van der Waals surface area (Å²) < 4.78 is 0. The van der Waals surface area contributed by atoms with Gasteiger partial charge in [-0.1, -0.05) is 34.5 Å². The van der Waals surface area contributed by atoms with Gasteiger partial charge in [0.15, 0.2) is 5.78 Å². The van der Waals surface area contributed by atoms with Crippen LogP contribution >= 0.6 is 15.9 Å². The number of rotatable bonds is 3. The van der Waals surface area contributed by atoms with Gasteiger partial charge in [-0.25, -0.2) is 0 Å². The fraction of sp³-hybridized carbons (Fsp3) is 0.308. The molecule has 0 radical (unpaired) electrons. The Morgan fingerprint density at radius 1 is 1.50 bits per heavy atom. The van der Waals surface area contributed by atoms with Gasteiger partial charge >= 0.3 is 0 Å². The molecule has 1 unspecified atom stereocenters. The SMILES string of the molecule is CCC(Br)C(=O)c1c[nH]c2ccc(C)cc12. The summed E-state index contributed by atoms with van der Waals surface area (Å²) in [5, 5.41) is 1.02. The van der Waals surface area contributed by atoms with Crippen molar-refractivity contribution in [2.24, 2.45) is 0 Å². The fourth-order valence-corrected chi connectivity index (χ4v) is 2.04. The largest absolute Gasteiger partial charge is 0.360 e. The zero-order valence-corrected chi connectivity index (χ0v) is 11.0. The summed E-state index contributed by atoms with van der Waals surface area (Å²) >= 11 is 3.40. The number of benzene rings is 1. The fourth-order valence-electron chi connectivity index (χ4n) is 1.79. The van der Waals surface area contributed by atoms with Gasteiger partial charge in [0.1, 0.15) is 0 Å². The van der Waals surface area contributed by atoms with Crippen LogP contribution in [0.25, 0.3) is 10.9 Å². The molecule has 0 spiro atoms. The van der Waals surface area contributed by atoms with E-state index < -0.39 is 0 Å². The first-order valence-electron chi connectivity index (χ1n) is 5.39. The average molecular weight is 280 g/mol. The molecule has 0 aliphatic heterocycles. The number of H-pyrrole nitrogens is 1. The number of carbonyl (C=O) groups excluding carboxylic acids is 1. The number of hydrogen-bond acceptors (Lipinski definition) is 1. The number of aromatic nitrogens is 1. The van der Waals surface area contributed by atoms with Crippen LogP contribution in [-0.2, 0) is 0 Å². The standard InChI is InChI=1S/C13H14BrNO/c1-3-11(14)13(16)10-7-15-12-5-4-8(2)6-9(10)12/h4-7,11,15H,3H2,1-2H3. The highest BCUT2D eigenvalue weighted by atomic mass is 79.9. The zero-order chi connectivity index (χ0) is 11.7. The van der Waals surface area contributed by atoms with Crippen molar-refractivity contribution in [2.75, 3.05) is 0 Å². The lowest BCUT2D eigenvalue weighted by atomic mass is 10.0. The van der Waals surface area contributed by atoms with Crippen molar-refractivity contribution in [3.8, 4) is 0 Å². The first-order chi connectivity index (χ1) is 7.63. The van der Waals surface area contributed by atoms with E-state index in [4.69, 9.17) is 0 Å². The molecule has 1 aromatic carbocycles. The maximum absolute atomic E-state index is 12.1.